The van der Waals surface area contributed by atoms with Crippen molar-refractivity contribution in [3.63, 3.8) is 0 Å². The molecule has 0 atom stereocenters. The van der Waals surface area contributed by atoms with Crippen LogP contribution in [0.1, 0.15) is 12.5 Å². The predicted molar refractivity (Wildman–Crippen MR) is 116 cm³/mol. The fourth-order valence-electron chi connectivity index (χ4n) is 2.47. The molecule has 1 aliphatic heterocycles. The quantitative estimate of drug-likeness (QED) is 0.500. The minimum Gasteiger partial charge on any atom is -0.490 e. The van der Waals surface area contributed by atoms with Gasteiger partial charge in [-0.1, -0.05) is 42.5 Å². The molecule has 1 N–H and O–H groups in total. The molecule has 1 amide bonds. The number of nitrogens with one attached hydrogen (secondary N) is 1. The number of ether oxygens (including phenoxy) is 2. The first-order chi connectivity index (χ1) is 13.6. The van der Waals surface area contributed by atoms with Crippen molar-refractivity contribution in [2.75, 3.05) is 13.2 Å². The van der Waals surface area contributed by atoms with E-state index in [-0.39, 0.29) is 5.91 Å². The van der Waals surface area contributed by atoms with Crippen molar-refractivity contribution in [1.82, 2.24) is 5.32 Å². The van der Waals surface area contributed by atoms with Gasteiger partial charge in [-0.15, -0.1) is 0 Å². The molecule has 0 spiro atoms. The Balaban J connectivity index is 1.87. The zero-order valence-electron chi connectivity index (χ0n) is 15.3. The van der Waals surface area contributed by atoms with Gasteiger partial charge in [0.05, 0.1) is 22.2 Å². The van der Waals surface area contributed by atoms with Crippen LogP contribution in [0.3, 0.4) is 0 Å². The van der Waals surface area contributed by atoms with Gasteiger partial charge in [-0.05, 0) is 54.6 Å². The average molecular weight is 415 g/mol. The number of hydrogen-bond donors (Lipinski definition) is 1. The number of para-hydroxylation sites is 1. The summed E-state index contributed by atoms with van der Waals surface area (Å²) in [5.41, 5.74) is 1.51. The number of hydrogen-bond acceptors (Lipinski definition) is 5. The molecule has 3 rings (SSSR count). The van der Waals surface area contributed by atoms with E-state index in [1.165, 1.54) is 11.8 Å². The molecule has 0 unspecified atom stereocenters. The van der Waals surface area contributed by atoms with Crippen LogP contribution >= 0.6 is 23.4 Å². The smallest absolute Gasteiger partial charge is 0.264 e. The Morgan fingerprint density at radius 2 is 2.04 bits per heavy atom. The van der Waals surface area contributed by atoms with Gasteiger partial charge in [0.2, 0.25) is 0 Å². The fraction of sp³-hybridized carbons (Fsp3) is 0.143. The van der Waals surface area contributed by atoms with Crippen LogP contribution in [0.4, 0.5) is 5.69 Å². The number of aliphatic imine (C=N–C) groups is 1. The highest BCUT2D eigenvalue weighted by molar-refractivity contribution is 8.18. The summed E-state index contributed by atoms with van der Waals surface area (Å²) >= 11 is 7.64. The van der Waals surface area contributed by atoms with Crippen LogP contribution in [-0.4, -0.2) is 24.3 Å². The molecular weight excluding hydrogens is 396 g/mol. The van der Waals surface area contributed by atoms with Crippen molar-refractivity contribution < 1.29 is 14.3 Å². The van der Waals surface area contributed by atoms with E-state index in [1.54, 1.807) is 24.3 Å². The number of thioether (sulfide) groups is 1. The Bertz CT molecular complexity index is 942. The highest BCUT2D eigenvalue weighted by Gasteiger charge is 2.24. The first-order valence-electron chi connectivity index (χ1n) is 8.65. The lowest BCUT2D eigenvalue weighted by Gasteiger charge is -2.13. The van der Waals surface area contributed by atoms with Crippen LogP contribution in [0.5, 0.6) is 11.5 Å². The Kier molecular flexibility index (Phi) is 6.79. The van der Waals surface area contributed by atoms with Crippen LogP contribution < -0.4 is 14.8 Å². The highest BCUT2D eigenvalue weighted by Crippen LogP contribution is 2.38. The lowest BCUT2D eigenvalue weighted by atomic mass is 10.2. The number of halogens is 1. The molecule has 144 valence electrons. The van der Waals surface area contributed by atoms with Gasteiger partial charge in [-0.25, -0.2) is 4.99 Å². The molecule has 0 saturated carbocycles. The minimum absolute atomic E-state index is 0.208. The Labute approximate surface area is 173 Å². The minimum atomic E-state index is -0.208. The third kappa shape index (κ3) is 4.97. The van der Waals surface area contributed by atoms with E-state index >= 15 is 0 Å². The molecule has 7 heteroatoms. The van der Waals surface area contributed by atoms with E-state index in [4.69, 9.17) is 21.1 Å². The van der Waals surface area contributed by atoms with Gasteiger partial charge in [-0.2, -0.15) is 0 Å². The molecule has 1 saturated heterocycles. The fourth-order valence-corrected chi connectivity index (χ4v) is 3.58. The number of nitrogens with zero attached hydrogens (tertiary/aromatic N) is 1. The standard InChI is InChI=1S/C21H19ClN2O3S/c1-3-10-27-19-16(22)11-14(12-17(19)26-4-2)13-18-20(25)24-21(28-18)23-15-8-6-5-7-9-15/h3,5-9,11-13H,1,4,10H2,2H3,(H,23,24,25)/b18-13-. The Morgan fingerprint density at radius 3 is 2.75 bits per heavy atom. The topological polar surface area (TPSA) is 59.9 Å². The van der Waals surface area contributed by atoms with Crippen molar-refractivity contribution >= 4 is 46.2 Å². The lowest BCUT2D eigenvalue weighted by molar-refractivity contribution is -0.115. The number of amidine groups is 1. The molecule has 5 nitrogen and oxygen atoms in total. The van der Waals surface area contributed by atoms with Crippen LogP contribution in [0.15, 0.2) is 65.0 Å². The summed E-state index contributed by atoms with van der Waals surface area (Å²) in [4.78, 5) is 17.3. The molecule has 0 radical (unpaired) electrons. The van der Waals surface area contributed by atoms with Crippen LogP contribution in [0, 0.1) is 0 Å². The maximum absolute atomic E-state index is 12.3. The molecule has 1 aliphatic rings. The number of amides is 1. The van der Waals surface area contributed by atoms with E-state index in [0.717, 1.165) is 11.3 Å². The van der Waals surface area contributed by atoms with Crippen molar-refractivity contribution in [3.8, 4) is 11.5 Å². The molecule has 0 aliphatic carbocycles. The Morgan fingerprint density at radius 1 is 1.25 bits per heavy atom. The largest absolute Gasteiger partial charge is 0.490 e. The highest BCUT2D eigenvalue weighted by atomic mass is 35.5. The zero-order chi connectivity index (χ0) is 19.9. The monoisotopic (exact) mass is 414 g/mol. The van der Waals surface area contributed by atoms with Gasteiger partial charge in [-0.3, -0.25) is 4.79 Å². The molecule has 0 bridgehead atoms. The predicted octanol–water partition coefficient (Wildman–Crippen LogP) is 5.20. The van der Waals surface area contributed by atoms with Crippen LogP contribution in [0.25, 0.3) is 6.08 Å². The molecule has 1 fully saturated rings. The first kappa shape index (κ1) is 20.0. The summed E-state index contributed by atoms with van der Waals surface area (Å²) in [6, 6.07) is 13.0. The van der Waals surface area contributed by atoms with Gasteiger partial charge < -0.3 is 14.8 Å². The average Bonchev–Trinajstić information content (AvgIpc) is 3.01. The second kappa shape index (κ2) is 9.48. The summed E-state index contributed by atoms with van der Waals surface area (Å²) in [5, 5.41) is 3.71. The van der Waals surface area contributed by atoms with E-state index in [9.17, 15) is 4.79 Å². The number of carbonyl (C=O) groups excluding carboxylic acids is 1. The van der Waals surface area contributed by atoms with Gasteiger partial charge in [0.25, 0.3) is 5.91 Å². The van der Waals surface area contributed by atoms with E-state index in [2.05, 4.69) is 16.9 Å². The number of benzene rings is 2. The maximum atomic E-state index is 12.3. The van der Waals surface area contributed by atoms with Gasteiger partial charge in [0.1, 0.15) is 6.61 Å². The molecular formula is C21H19ClN2O3S. The Hall–Kier alpha value is -2.70. The van der Waals surface area contributed by atoms with E-state index < -0.39 is 0 Å². The van der Waals surface area contributed by atoms with E-state index in [1.807, 2.05) is 37.3 Å². The van der Waals surface area contributed by atoms with Crippen molar-refractivity contribution in [2.45, 2.75) is 6.92 Å². The van der Waals surface area contributed by atoms with Crippen LogP contribution in [0.2, 0.25) is 5.02 Å². The molecule has 2 aromatic carbocycles. The lowest BCUT2D eigenvalue weighted by Crippen LogP contribution is -2.19. The van der Waals surface area contributed by atoms with Crippen LogP contribution in [-0.2, 0) is 4.79 Å². The van der Waals surface area contributed by atoms with Gasteiger partial charge in [0.15, 0.2) is 16.7 Å². The SMILES string of the molecule is C=CCOc1c(Cl)cc(/C=C2\SC(=Nc3ccccc3)NC2=O)cc1OCC. The maximum Gasteiger partial charge on any atom is 0.264 e. The summed E-state index contributed by atoms with van der Waals surface area (Å²) in [7, 11) is 0. The molecule has 28 heavy (non-hydrogen) atoms. The van der Waals surface area contributed by atoms with Gasteiger partial charge >= 0.3 is 0 Å². The van der Waals surface area contributed by atoms with Crippen molar-refractivity contribution in [3.05, 3.63) is 70.6 Å². The second-order valence-corrected chi connectivity index (χ2v) is 7.12. The van der Waals surface area contributed by atoms with E-state index in [0.29, 0.717) is 39.8 Å². The molecule has 1 heterocycles. The molecule has 2 aromatic rings. The zero-order valence-corrected chi connectivity index (χ0v) is 16.8. The summed E-state index contributed by atoms with van der Waals surface area (Å²) in [5.74, 6) is 0.770. The summed E-state index contributed by atoms with van der Waals surface area (Å²) in [6.07, 6.45) is 3.38. The number of rotatable bonds is 7. The third-order valence-corrected chi connectivity index (χ3v) is 4.80. The summed E-state index contributed by atoms with van der Waals surface area (Å²) in [6.45, 7) is 6.29. The normalized spacial score (nSPS) is 16.3. The van der Waals surface area contributed by atoms with Crippen molar-refractivity contribution in [2.24, 2.45) is 4.99 Å². The van der Waals surface area contributed by atoms with Crippen molar-refractivity contribution in [1.29, 1.82) is 0 Å². The van der Waals surface area contributed by atoms with Gasteiger partial charge in [0, 0.05) is 0 Å². The third-order valence-electron chi connectivity index (χ3n) is 3.61. The number of carbonyl (C=O) groups is 1. The summed E-state index contributed by atoms with van der Waals surface area (Å²) < 4.78 is 11.2. The second-order valence-electron chi connectivity index (χ2n) is 5.68. The molecule has 0 aromatic heterocycles. The first-order valence-corrected chi connectivity index (χ1v) is 9.84.